The molecule has 0 saturated heterocycles. The number of hydrogen-bond acceptors (Lipinski definition) is 1. The highest BCUT2D eigenvalue weighted by Crippen LogP contribution is 2.42. The molecule has 6 heteroatoms. The van der Waals surface area contributed by atoms with Gasteiger partial charge in [-0.1, -0.05) is 22.0 Å². The van der Waals surface area contributed by atoms with Crippen molar-refractivity contribution in [1.82, 2.24) is 0 Å². The zero-order valence-corrected chi connectivity index (χ0v) is 15.9. The average Bonchev–Trinajstić information content (AvgIpc) is 2.57. The maximum atomic E-state index is 13.1. The number of thiophene rings is 1. The summed E-state index contributed by atoms with van der Waals surface area (Å²) >= 11 is 14.4. The highest BCUT2D eigenvalue weighted by Gasteiger charge is 2.18. The van der Waals surface area contributed by atoms with Gasteiger partial charge in [-0.2, -0.15) is 0 Å². The predicted molar refractivity (Wildman–Crippen MR) is 89.6 cm³/mol. The molecular weight excluding hydrogens is 550 g/mol. The first-order valence-electron chi connectivity index (χ1n) is 4.53. The molecule has 1 atom stereocenters. The lowest BCUT2D eigenvalue weighted by atomic mass is 10.1. The van der Waals surface area contributed by atoms with Crippen LogP contribution in [-0.2, 0) is 0 Å². The summed E-state index contributed by atoms with van der Waals surface area (Å²) in [5.74, 6) is -0.205. The van der Waals surface area contributed by atoms with Crippen molar-refractivity contribution in [1.29, 1.82) is 0 Å². The van der Waals surface area contributed by atoms with Gasteiger partial charge in [0.05, 0.1) is 12.4 Å². The second-order valence-electron chi connectivity index (χ2n) is 3.31. The largest absolute Gasteiger partial charge is 0.207 e. The third-order valence-electron chi connectivity index (χ3n) is 2.19. The standard InChI is InChI=1S/C11H5Br3FIS/c12-9-4-7(11(14)17-9)10(13)6-2-1-5(15)3-8(6)16/h1-4,10H. The van der Waals surface area contributed by atoms with Gasteiger partial charge in [-0.05, 0) is 83.8 Å². The Morgan fingerprint density at radius 2 is 1.88 bits per heavy atom. The molecule has 1 unspecified atom stereocenters. The fourth-order valence-corrected chi connectivity index (χ4v) is 6.74. The zero-order chi connectivity index (χ0) is 12.6. The number of hydrogen-bond donors (Lipinski definition) is 0. The van der Waals surface area contributed by atoms with Crippen LogP contribution in [0.3, 0.4) is 0 Å². The van der Waals surface area contributed by atoms with Gasteiger partial charge in [0, 0.05) is 3.57 Å². The van der Waals surface area contributed by atoms with E-state index in [1.807, 2.05) is 6.07 Å². The number of halogens is 5. The summed E-state index contributed by atoms with van der Waals surface area (Å²) in [4.78, 5) is 0.0620. The van der Waals surface area contributed by atoms with Gasteiger partial charge < -0.3 is 0 Å². The van der Waals surface area contributed by atoms with E-state index in [4.69, 9.17) is 0 Å². The molecule has 1 heterocycles. The minimum atomic E-state index is -0.205. The van der Waals surface area contributed by atoms with Gasteiger partial charge in [0.15, 0.2) is 0 Å². The topological polar surface area (TPSA) is 0 Å². The molecule has 0 amide bonds. The van der Waals surface area contributed by atoms with Crippen LogP contribution in [0, 0.1) is 9.39 Å². The lowest BCUT2D eigenvalue weighted by Gasteiger charge is -2.11. The van der Waals surface area contributed by atoms with Gasteiger partial charge in [-0.3, -0.25) is 0 Å². The molecule has 90 valence electrons. The Kier molecular flexibility index (Phi) is 5.08. The molecule has 0 nitrogen and oxygen atoms in total. The van der Waals surface area contributed by atoms with Gasteiger partial charge in [0.1, 0.15) is 5.82 Å². The maximum Gasteiger partial charge on any atom is 0.124 e. The lowest BCUT2D eigenvalue weighted by Crippen LogP contribution is -1.95. The third-order valence-corrected chi connectivity index (χ3v) is 6.50. The van der Waals surface area contributed by atoms with E-state index < -0.39 is 0 Å². The van der Waals surface area contributed by atoms with Crippen molar-refractivity contribution in [3.05, 3.63) is 52.4 Å². The van der Waals surface area contributed by atoms with Crippen LogP contribution in [0.15, 0.2) is 31.8 Å². The molecule has 1 aromatic heterocycles. The molecule has 1 aromatic carbocycles. The van der Waals surface area contributed by atoms with Gasteiger partial charge in [0.2, 0.25) is 0 Å². The van der Waals surface area contributed by atoms with Crippen LogP contribution in [0.2, 0.25) is 0 Å². The van der Waals surface area contributed by atoms with Gasteiger partial charge in [-0.25, -0.2) is 4.39 Å². The maximum absolute atomic E-state index is 13.1. The van der Waals surface area contributed by atoms with Crippen LogP contribution in [0.1, 0.15) is 16.0 Å². The molecule has 0 bridgehead atoms. The molecular formula is C11H5Br3FIS. The lowest BCUT2D eigenvalue weighted by molar-refractivity contribution is 0.626. The van der Waals surface area contributed by atoms with Crippen molar-refractivity contribution in [2.24, 2.45) is 0 Å². The van der Waals surface area contributed by atoms with Crippen LogP contribution in [0.25, 0.3) is 0 Å². The van der Waals surface area contributed by atoms with Crippen molar-refractivity contribution in [2.45, 2.75) is 4.83 Å². The summed E-state index contributed by atoms with van der Waals surface area (Å²) in [6, 6.07) is 6.91. The van der Waals surface area contributed by atoms with E-state index in [9.17, 15) is 4.39 Å². The molecule has 2 rings (SSSR count). The van der Waals surface area contributed by atoms with E-state index in [0.29, 0.717) is 0 Å². The van der Waals surface area contributed by atoms with Crippen molar-refractivity contribution in [2.75, 3.05) is 0 Å². The molecule has 0 fully saturated rings. The van der Waals surface area contributed by atoms with E-state index in [1.54, 1.807) is 17.4 Å². The number of rotatable bonds is 2. The molecule has 0 saturated carbocycles. The third kappa shape index (κ3) is 3.32. The van der Waals surface area contributed by atoms with Crippen LogP contribution >= 0.6 is 81.7 Å². The summed E-state index contributed by atoms with van der Waals surface area (Å²) in [5.41, 5.74) is 2.21. The second kappa shape index (κ2) is 5.98. The summed E-state index contributed by atoms with van der Waals surface area (Å²) < 4.78 is 16.1. The summed E-state index contributed by atoms with van der Waals surface area (Å²) in [6.45, 7) is 0. The minimum Gasteiger partial charge on any atom is -0.207 e. The zero-order valence-electron chi connectivity index (χ0n) is 8.18. The number of alkyl halides is 1. The molecule has 0 aliphatic heterocycles. The summed E-state index contributed by atoms with van der Waals surface area (Å²) in [7, 11) is 0. The van der Waals surface area contributed by atoms with Crippen molar-refractivity contribution in [3.63, 3.8) is 0 Å². The molecule has 2 aromatic rings. The Hall–Kier alpha value is 1.02. The van der Waals surface area contributed by atoms with Crippen LogP contribution in [0.4, 0.5) is 4.39 Å². The Labute approximate surface area is 142 Å². The number of benzene rings is 1. The highest BCUT2D eigenvalue weighted by atomic mass is 127. The fraction of sp³-hybridized carbons (Fsp3) is 0.0909. The quantitative estimate of drug-likeness (QED) is 0.294. The monoisotopic (exact) mass is 552 g/mol. The van der Waals surface area contributed by atoms with Gasteiger partial charge >= 0.3 is 0 Å². The van der Waals surface area contributed by atoms with E-state index in [-0.39, 0.29) is 10.6 Å². The van der Waals surface area contributed by atoms with Gasteiger partial charge in [-0.15, -0.1) is 11.3 Å². The molecule has 0 aliphatic carbocycles. The first-order chi connectivity index (χ1) is 7.99. The van der Waals surface area contributed by atoms with Crippen LogP contribution < -0.4 is 0 Å². The first kappa shape index (κ1) is 14.4. The smallest absolute Gasteiger partial charge is 0.124 e. The van der Waals surface area contributed by atoms with Crippen molar-refractivity contribution >= 4 is 81.7 Å². The van der Waals surface area contributed by atoms with Crippen LogP contribution in [-0.4, -0.2) is 0 Å². The second-order valence-corrected chi connectivity index (χ2v) is 9.14. The highest BCUT2D eigenvalue weighted by molar-refractivity contribution is 14.1. The molecule has 17 heavy (non-hydrogen) atoms. The fourth-order valence-electron chi connectivity index (χ4n) is 1.40. The average molecular weight is 555 g/mol. The predicted octanol–water partition coefficient (Wildman–Crippen LogP) is 6.50. The Balaban J connectivity index is 2.43. The summed E-state index contributed by atoms with van der Waals surface area (Å²) in [6.07, 6.45) is 0. The van der Waals surface area contributed by atoms with Crippen molar-refractivity contribution in [3.8, 4) is 0 Å². The van der Waals surface area contributed by atoms with Crippen molar-refractivity contribution < 1.29 is 4.39 Å². The molecule has 0 radical (unpaired) electrons. The summed E-state index contributed by atoms with van der Waals surface area (Å²) in [5, 5.41) is 0. The van der Waals surface area contributed by atoms with Crippen LogP contribution in [0.5, 0.6) is 0 Å². The Bertz CT molecular complexity index is 556. The Morgan fingerprint density at radius 1 is 1.18 bits per heavy atom. The first-order valence-corrected chi connectivity index (χ1v) is 8.92. The normalized spacial score (nSPS) is 12.8. The molecule has 0 spiro atoms. The molecule has 0 N–H and O–H groups in total. The van der Waals surface area contributed by atoms with E-state index >= 15 is 0 Å². The Morgan fingerprint density at radius 3 is 2.41 bits per heavy atom. The van der Waals surface area contributed by atoms with E-state index in [2.05, 4.69) is 76.4 Å². The van der Waals surface area contributed by atoms with E-state index in [1.165, 1.54) is 6.07 Å². The minimum absolute atomic E-state index is 0.0620. The van der Waals surface area contributed by atoms with E-state index in [0.717, 1.165) is 22.3 Å². The van der Waals surface area contributed by atoms with Gasteiger partial charge in [0.25, 0.3) is 0 Å². The SMILES string of the molecule is Fc1ccc(C(Br)c2cc(Br)sc2Br)c(I)c1. The molecule has 0 aliphatic rings.